The van der Waals surface area contributed by atoms with Crippen LogP contribution in [-0.2, 0) is 14.4 Å². The fraction of sp³-hybridized carbons (Fsp3) is 0.464. The molecule has 0 bridgehead atoms. The van der Waals surface area contributed by atoms with Crippen LogP contribution in [0, 0.1) is 5.41 Å². The summed E-state index contributed by atoms with van der Waals surface area (Å²) in [6.45, 7) is 9.96. The van der Waals surface area contributed by atoms with Gasteiger partial charge in [0, 0.05) is 43.2 Å². The maximum absolute atomic E-state index is 12.6. The number of hydrogen-bond acceptors (Lipinski definition) is 10. The third kappa shape index (κ3) is 6.18. The number of allylic oxidation sites excluding steroid dienone is 1. The number of piperidine rings is 1. The van der Waals surface area contributed by atoms with Crippen molar-refractivity contribution < 1.29 is 19.2 Å². The quantitative estimate of drug-likeness (QED) is 0.230. The van der Waals surface area contributed by atoms with Crippen LogP contribution in [0.25, 0.3) is 27.0 Å². The molecule has 2 aromatic heterocycles. The summed E-state index contributed by atoms with van der Waals surface area (Å²) in [5.41, 5.74) is 6.61. The monoisotopic (exact) mass is 567 g/mol. The van der Waals surface area contributed by atoms with Gasteiger partial charge in [0.15, 0.2) is 5.13 Å². The molecule has 0 unspecified atom stereocenters. The number of carbonyl (C=O) groups excluding carboxylic acids is 2. The first-order valence-electron chi connectivity index (χ1n) is 13.6. The molecule has 3 N–H and O–H groups in total. The fourth-order valence-corrected chi connectivity index (χ4v) is 5.86. The average Bonchev–Trinajstić information content (AvgIpc) is 3.38. The Bertz CT molecular complexity index is 1360. The highest BCUT2D eigenvalue weighted by atomic mass is 32.1. The van der Waals surface area contributed by atoms with Crippen LogP contribution in [0.3, 0.4) is 0 Å². The minimum Gasteiger partial charge on any atom is -0.466 e. The van der Waals surface area contributed by atoms with Gasteiger partial charge in [0.25, 0.3) is 0 Å². The molecular formula is C28H37N7O4S. The molecule has 3 heterocycles. The summed E-state index contributed by atoms with van der Waals surface area (Å²) in [6.07, 6.45) is 7.71. The molecule has 40 heavy (non-hydrogen) atoms. The molecular weight excluding hydrogens is 530 g/mol. The Morgan fingerprint density at radius 3 is 2.45 bits per heavy atom. The molecule has 12 heteroatoms. The number of esters is 1. The Hall–Kier alpha value is -3.77. The standard InChI is InChI=1S/C28H37N7O4S/c1-6-21(34-38-5)20-14-18(15-22-23(20)40-27(32-22)33-26(37)29-8-3)19-16-30-25(31-17-19)35-12-10-28(7-2,11-13-35)24(36)39-9-4/h6,14-17,34H,7-13H2,1-5H3,(H2,29,32,33,37). The second-order valence-electron chi connectivity index (χ2n) is 9.50. The van der Waals surface area contributed by atoms with Crippen molar-refractivity contribution in [3.05, 3.63) is 36.2 Å². The highest BCUT2D eigenvalue weighted by Crippen LogP contribution is 2.38. The third-order valence-corrected chi connectivity index (χ3v) is 8.22. The number of aromatic nitrogens is 3. The van der Waals surface area contributed by atoms with E-state index in [4.69, 9.17) is 9.57 Å². The molecule has 4 rings (SSSR count). The van der Waals surface area contributed by atoms with E-state index in [0.29, 0.717) is 50.2 Å². The Morgan fingerprint density at radius 2 is 1.85 bits per heavy atom. The van der Waals surface area contributed by atoms with Gasteiger partial charge in [-0.2, -0.15) is 0 Å². The second-order valence-corrected chi connectivity index (χ2v) is 10.5. The van der Waals surface area contributed by atoms with E-state index in [-0.39, 0.29) is 12.0 Å². The Labute approximate surface area is 238 Å². The number of hydrogen-bond donors (Lipinski definition) is 3. The highest BCUT2D eigenvalue weighted by Gasteiger charge is 2.41. The van der Waals surface area contributed by atoms with Gasteiger partial charge < -0.3 is 15.0 Å². The molecule has 1 aliphatic rings. The van der Waals surface area contributed by atoms with E-state index >= 15 is 0 Å². The number of nitrogens with zero attached hydrogens (tertiary/aromatic N) is 4. The summed E-state index contributed by atoms with van der Waals surface area (Å²) in [5, 5.41) is 6.02. The lowest BCUT2D eigenvalue weighted by molar-refractivity contribution is -0.157. The number of amides is 2. The maximum Gasteiger partial charge on any atom is 0.321 e. The lowest BCUT2D eigenvalue weighted by Crippen LogP contribution is -2.45. The number of thiazole rings is 1. The molecule has 3 aromatic rings. The van der Waals surface area contributed by atoms with Crippen molar-refractivity contribution in [2.75, 3.05) is 43.6 Å². The SMILES string of the molecule is CC=C(NOC)c1cc(-c2cnc(N3CCC(CC)(C(=O)OCC)CC3)nc2)cc2nc(NC(=O)NCC)sc12. The van der Waals surface area contributed by atoms with E-state index in [0.717, 1.165) is 39.0 Å². The molecule has 2 amide bonds. The number of nitrogens with one attached hydrogen (secondary N) is 3. The highest BCUT2D eigenvalue weighted by molar-refractivity contribution is 7.22. The number of urea groups is 1. The van der Waals surface area contributed by atoms with Crippen LogP contribution < -0.4 is 21.0 Å². The summed E-state index contributed by atoms with van der Waals surface area (Å²) in [6, 6.07) is 3.70. The number of carbonyl (C=O) groups is 2. The number of rotatable bonds is 10. The molecule has 11 nitrogen and oxygen atoms in total. The molecule has 0 radical (unpaired) electrons. The zero-order valence-corrected chi connectivity index (χ0v) is 24.5. The van der Waals surface area contributed by atoms with Gasteiger partial charge in [0.05, 0.1) is 35.0 Å². The van der Waals surface area contributed by atoms with Crippen LogP contribution in [-0.4, -0.2) is 60.3 Å². The second kappa shape index (κ2) is 13.1. The van der Waals surface area contributed by atoms with Gasteiger partial charge in [-0.1, -0.05) is 24.3 Å². The first kappa shape index (κ1) is 29.2. The normalized spacial score (nSPS) is 15.1. The Morgan fingerprint density at radius 1 is 1.12 bits per heavy atom. The van der Waals surface area contributed by atoms with Crippen molar-refractivity contribution in [3.8, 4) is 11.1 Å². The van der Waals surface area contributed by atoms with E-state index in [1.54, 1.807) is 19.5 Å². The Balaban J connectivity index is 1.60. The van der Waals surface area contributed by atoms with Crippen molar-refractivity contribution in [1.82, 2.24) is 25.7 Å². The van der Waals surface area contributed by atoms with Crippen molar-refractivity contribution in [1.29, 1.82) is 0 Å². The van der Waals surface area contributed by atoms with Crippen LogP contribution in [0.2, 0.25) is 0 Å². The van der Waals surface area contributed by atoms with Gasteiger partial charge in [-0.25, -0.2) is 19.7 Å². The van der Waals surface area contributed by atoms with Crippen LogP contribution in [0.5, 0.6) is 0 Å². The maximum atomic E-state index is 12.6. The molecule has 214 valence electrons. The van der Waals surface area contributed by atoms with Crippen LogP contribution in [0.15, 0.2) is 30.6 Å². The number of ether oxygens (including phenoxy) is 1. The van der Waals surface area contributed by atoms with Crippen molar-refractivity contribution >= 4 is 50.3 Å². The van der Waals surface area contributed by atoms with E-state index < -0.39 is 5.41 Å². The molecule has 0 saturated carbocycles. The van der Waals surface area contributed by atoms with E-state index in [2.05, 4.69) is 36.0 Å². The van der Waals surface area contributed by atoms with Crippen molar-refractivity contribution in [2.24, 2.45) is 5.41 Å². The first-order valence-corrected chi connectivity index (χ1v) is 14.4. The minimum absolute atomic E-state index is 0.102. The summed E-state index contributed by atoms with van der Waals surface area (Å²) in [4.78, 5) is 46.0. The summed E-state index contributed by atoms with van der Waals surface area (Å²) >= 11 is 1.39. The topological polar surface area (TPSA) is 131 Å². The number of fused-ring (bicyclic) bond motifs is 1. The average molecular weight is 568 g/mol. The molecule has 0 atom stereocenters. The van der Waals surface area contributed by atoms with E-state index in [1.165, 1.54) is 11.3 Å². The zero-order valence-electron chi connectivity index (χ0n) is 23.7. The minimum atomic E-state index is -0.433. The summed E-state index contributed by atoms with van der Waals surface area (Å²) in [5.74, 6) is 0.533. The molecule has 1 aromatic carbocycles. The van der Waals surface area contributed by atoms with Gasteiger partial charge in [-0.05, 0) is 57.7 Å². The molecule has 1 saturated heterocycles. The van der Waals surface area contributed by atoms with Gasteiger partial charge in [-0.15, -0.1) is 0 Å². The smallest absolute Gasteiger partial charge is 0.321 e. The molecule has 0 spiro atoms. The molecule has 1 fully saturated rings. The van der Waals surface area contributed by atoms with Gasteiger partial charge >= 0.3 is 12.0 Å². The lowest BCUT2D eigenvalue weighted by Gasteiger charge is -2.39. The van der Waals surface area contributed by atoms with Crippen molar-refractivity contribution in [3.63, 3.8) is 0 Å². The fourth-order valence-electron chi connectivity index (χ4n) is 4.89. The van der Waals surface area contributed by atoms with Gasteiger partial charge in [-0.3, -0.25) is 20.4 Å². The zero-order chi connectivity index (χ0) is 28.7. The molecule has 1 aliphatic heterocycles. The van der Waals surface area contributed by atoms with Crippen molar-refractivity contribution in [2.45, 2.75) is 47.0 Å². The number of hydroxylamine groups is 1. The summed E-state index contributed by atoms with van der Waals surface area (Å²) in [7, 11) is 1.56. The van der Waals surface area contributed by atoms with Gasteiger partial charge in [0.1, 0.15) is 0 Å². The third-order valence-electron chi connectivity index (χ3n) is 7.20. The number of benzene rings is 1. The van der Waals surface area contributed by atoms with E-state index in [9.17, 15) is 9.59 Å². The summed E-state index contributed by atoms with van der Waals surface area (Å²) < 4.78 is 6.26. The Kier molecular flexibility index (Phi) is 9.54. The van der Waals surface area contributed by atoms with E-state index in [1.807, 2.05) is 45.9 Å². The predicted octanol–water partition coefficient (Wildman–Crippen LogP) is 4.97. The number of anilines is 2. The van der Waals surface area contributed by atoms with Crippen LogP contribution in [0.4, 0.5) is 15.9 Å². The van der Waals surface area contributed by atoms with Crippen LogP contribution >= 0.6 is 11.3 Å². The molecule has 0 aliphatic carbocycles. The van der Waals surface area contributed by atoms with Gasteiger partial charge in [0.2, 0.25) is 5.95 Å². The van der Waals surface area contributed by atoms with Crippen LogP contribution in [0.1, 0.15) is 52.5 Å². The first-order chi connectivity index (χ1) is 19.4. The predicted molar refractivity (Wildman–Crippen MR) is 158 cm³/mol. The lowest BCUT2D eigenvalue weighted by atomic mass is 9.76. The largest absolute Gasteiger partial charge is 0.466 e.